The fourth-order valence-corrected chi connectivity index (χ4v) is 9.84. The number of amides is 7. The molecule has 0 aromatic rings. The zero-order valence-electron chi connectivity index (χ0n) is 56.2. The zero-order valence-corrected chi connectivity index (χ0v) is 57.1. The lowest BCUT2D eigenvalue weighted by Gasteiger charge is -2.26. The average Bonchev–Trinajstić information content (AvgIpc) is 0.864. The second-order valence-electron chi connectivity index (χ2n) is 24.3. The minimum atomic E-state index is -2.20. The lowest BCUT2D eigenvalue weighted by Crippen LogP contribution is -2.53. The molecule has 0 rings (SSSR count). The number of Topliss-reactive ketones (excluding diaryl/α,β-unsaturated/α-hetero) is 4. The Morgan fingerprint density at radius 1 is 0.350 bits per heavy atom. The Balaban J connectivity index is 7.60. The summed E-state index contributed by atoms with van der Waals surface area (Å²) in [5.41, 5.74) is 5.99. The van der Waals surface area contributed by atoms with Crippen LogP contribution in [0.2, 0.25) is 0 Å². The maximum Gasteiger partial charge on any atom is 0.307 e. The van der Waals surface area contributed by atoms with E-state index < -0.39 is 352 Å². The fourth-order valence-electron chi connectivity index (χ4n) is 9.56. The molecule has 0 heterocycles. The number of nitrogens with two attached hydrogens (primary N) is 1. The molecule has 0 aromatic carbocycles. The lowest BCUT2D eigenvalue weighted by atomic mass is 9.89. The number of hydrogen-bond acceptors (Lipinski definition) is 32. The van der Waals surface area contributed by atoms with Crippen LogP contribution in [0.4, 0.5) is 0 Å². The molecule has 0 aliphatic rings. The first-order valence-corrected chi connectivity index (χ1v) is 33.1. The van der Waals surface area contributed by atoms with Gasteiger partial charge in [0.1, 0.15) is 66.8 Å². The normalized spacial score (nSPS) is 17.3. The maximum absolute atomic E-state index is 14.6. The topological polar surface area (TPSA) is 751 Å². The van der Waals surface area contributed by atoms with Gasteiger partial charge >= 0.3 is 23.9 Å². The van der Waals surface area contributed by atoms with E-state index in [0.29, 0.717) is 0 Å². The highest BCUT2D eigenvalue weighted by Gasteiger charge is 2.38. The number of carboxylic acids is 4. The number of rotatable bonds is 58. The molecule has 42 nitrogen and oxygen atoms in total. The van der Waals surface area contributed by atoms with E-state index in [2.05, 4.69) is 44.5 Å². The number of nitrogens with one attached hydrogen (secondary N) is 7. The van der Waals surface area contributed by atoms with Gasteiger partial charge in [-0.3, -0.25) is 71.9 Å². The third-order valence-corrected chi connectivity index (χ3v) is 16.6. The molecule has 0 fully saturated rings. The molecule has 0 aromatic heterocycles. The molecule has 0 saturated carbocycles. The molecule has 0 saturated heterocycles. The highest BCUT2D eigenvalue weighted by Crippen LogP contribution is 2.22. The van der Waals surface area contributed by atoms with Crippen LogP contribution in [0.15, 0.2) is 0 Å². The summed E-state index contributed by atoms with van der Waals surface area (Å²) in [5.74, 6) is -25.5. The Bertz CT molecular complexity index is 2790. The van der Waals surface area contributed by atoms with Crippen molar-refractivity contribution in [3.05, 3.63) is 0 Å². The third kappa shape index (κ3) is 37.2. The van der Waals surface area contributed by atoms with Gasteiger partial charge in [0.05, 0.1) is 68.6 Å². The predicted molar refractivity (Wildman–Crippen MR) is 347 cm³/mol. The second kappa shape index (κ2) is 50.1. The number of aliphatic hydroxyl groups excluding tert-OH is 15. The number of ketones is 4. The van der Waals surface area contributed by atoms with Crippen LogP contribution in [0.5, 0.6) is 0 Å². The van der Waals surface area contributed by atoms with Crippen molar-refractivity contribution in [3.63, 3.8) is 0 Å². The summed E-state index contributed by atoms with van der Waals surface area (Å²) in [7, 11) is 0. The molecular formula is C60H100N8O34S. The van der Waals surface area contributed by atoms with E-state index in [4.69, 9.17) is 21.1 Å². The Labute approximate surface area is 593 Å². The summed E-state index contributed by atoms with van der Waals surface area (Å²) >= 11 is 3.86. The van der Waals surface area contributed by atoms with Gasteiger partial charge in [0.2, 0.25) is 41.4 Å². The van der Waals surface area contributed by atoms with Crippen molar-refractivity contribution in [2.75, 3.05) is 51.8 Å². The molecule has 0 bridgehead atoms. The van der Waals surface area contributed by atoms with Crippen LogP contribution in [-0.2, 0) is 71.9 Å². The van der Waals surface area contributed by atoms with E-state index in [1.54, 1.807) is 0 Å². The van der Waals surface area contributed by atoms with E-state index in [9.17, 15) is 154 Å². The first-order chi connectivity index (χ1) is 48.1. The van der Waals surface area contributed by atoms with Crippen molar-refractivity contribution in [2.45, 2.75) is 207 Å². The van der Waals surface area contributed by atoms with Crippen molar-refractivity contribution < 1.29 is 169 Å². The highest BCUT2D eigenvalue weighted by atomic mass is 32.1. The van der Waals surface area contributed by atoms with Crippen LogP contribution in [0.1, 0.15) is 110 Å². The molecule has 0 spiro atoms. The minimum absolute atomic E-state index is 0.173. The Morgan fingerprint density at radius 3 is 0.971 bits per heavy atom. The van der Waals surface area contributed by atoms with Gasteiger partial charge in [-0.05, 0) is 32.1 Å². The van der Waals surface area contributed by atoms with Crippen molar-refractivity contribution in [2.24, 2.45) is 29.4 Å². The molecule has 43 heteroatoms. The van der Waals surface area contributed by atoms with E-state index in [0.717, 1.165) is 0 Å². The Kier molecular flexibility index (Phi) is 46.5. The van der Waals surface area contributed by atoms with Gasteiger partial charge in [0, 0.05) is 114 Å². The van der Waals surface area contributed by atoms with Crippen molar-refractivity contribution >= 4 is 101 Å². The number of carboxylic acid groups (broad SMARTS) is 4. The molecule has 7 amide bonds. The van der Waals surface area contributed by atoms with Gasteiger partial charge in [-0.2, -0.15) is 12.6 Å². The number of aliphatic hydroxyl groups is 15. The quantitative estimate of drug-likeness (QED) is 0.0251. The smallest absolute Gasteiger partial charge is 0.307 e. The van der Waals surface area contributed by atoms with Crippen molar-refractivity contribution in [1.29, 1.82) is 0 Å². The average molecular weight is 1510 g/mol. The Hall–Kier alpha value is -7.44. The van der Waals surface area contributed by atoms with E-state index >= 15 is 0 Å². The number of carbonyl (C=O) groups excluding carboxylic acids is 11. The largest absolute Gasteiger partial charge is 0.481 e. The molecule has 103 heavy (non-hydrogen) atoms. The van der Waals surface area contributed by atoms with Crippen molar-refractivity contribution in [3.8, 4) is 0 Å². The van der Waals surface area contributed by atoms with Gasteiger partial charge < -0.3 is 140 Å². The predicted octanol–water partition coefficient (Wildman–Crippen LogP) is -12.2. The lowest BCUT2D eigenvalue weighted by molar-refractivity contribution is -0.144. The molecule has 0 aliphatic heterocycles. The number of carbonyl (C=O) groups is 15. The summed E-state index contributed by atoms with van der Waals surface area (Å²) in [5, 5.41) is 202. The number of hydrogen-bond donors (Lipinski definition) is 28. The monoisotopic (exact) mass is 1510 g/mol. The van der Waals surface area contributed by atoms with Gasteiger partial charge in [-0.25, -0.2) is 0 Å². The summed E-state index contributed by atoms with van der Waals surface area (Å²) < 4.78 is 0. The van der Waals surface area contributed by atoms with Gasteiger partial charge in [0.15, 0.2) is 17.3 Å². The van der Waals surface area contributed by atoms with Crippen LogP contribution in [-0.4, -0.2) is 335 Å². The van der Waals surface area contributed by atoms with E-state index in [-0.39, 0.29) is 12.2 Å². The molecule has 0 aliphatic carbocycles. The van der Waals surface area contributed by atoms with E-state index in [1.165, 1.54) is 6.92 Å². The minimum Gasteiger partial charge on any atom is -0.481 e. The highest BCUT2D eigenvalue weighted by molar-refractivity contribution is 7.80. The molecule has 0 unspecified atom stereocenters. The van der Waals surface area contributed by atoms with Crippen molar-refractivity contribution in [1.82, 2.24) is 37.2 Å². The summed E-state index contributed by atoms with van der Waals surface area (Å²) in [6.07, 6.45) is -37.2. The molecule has 0 radical (unpaired) electrons. The molecule has 590 valence electrons. The molecule has 28 N–H and O–H groups in total. The zero-order chi connectivity index (χ0) is 79.1. The molecular weight excluding hydrogens is 1410 g/mol. The van der Waals surface area contributed by atoms with Gasteiger partial charge in [-0.15, -0.1) is 0 Å². The number of aliphatic carboxylic acids is 4. The summed E-state index contributed by atoms with van der Waals surface area (Å²) in [6, 6.07) is -7.68. The van der Waals surface area contributed by atoms with Crippen LogP contribution < -0.4 is 43.0 Å². The van der Waals surface area contributed by atoms with Crippen LogP contribution in [0.3, 0.4) is 0 Å². The second-order valence-corrected chi connectivity index (χ2v) is 24.7. The molecule has 20 atom stereocenters. The third-order valence-electron chi connectivity index (χ3n) is 16.2. The maximum atomic E-state index is 14.6. The summed E-state index contributed by atoms with van der Waals surface area (Å²) in [4.78, 5) is 197. The van der Waals surface area contributed by atoms with Crippen LogP contribution in [0, 0.1) is 23.7 Å². The standard InChI is InChI=1S/C60H100N8O34S/c1-2-30(72)13-26(3-8-44(82)62-19-38(76)50(91)53(94)41(79)22-69)57(98)66-33(7-12-48(87)88)36(74)15-28(5-10-46(84)64-21-40(78)52(93)55(96)43(81)24-71)58(99)67-32(6-11-47(85)86)35(73)14-27(4-9-45(83)63-20-39(77)51(92)54(95)42(80)23-70)56(97)65-18-31(61)59(100)68-34(17-49(89)90)37(75)16-29(25-103)60(101)102/h26-29,31-34,38-43,50-55,69-71,76-81,91-96,103H,2-25,61H2,1H3,(H,62,82)(H,63,83)(H,64,84)(H,65,97)(H,66,98)(H,67,99)(H,68,100)(H,85,86)(H,87,88)(H,89,90)(H,101,102)/t26-,27-,28-,29+,31+,32+,33+,34+,38+,39+,40+,41-,42-,43-,50-,51-,52-,53-,54-,55-/m1/s1. The van der Waals surface area contributed by atoms with Crippen LogP contribution >= 0.6 is 12.6 Å². The number of thiol groups is 1. The van der Waals surface area contributed by atoms with Gasteiger partial charge in [0.25, 0.3) is 0 Å². The first-order valence-electron chi connectivity index (χ1n) is 32.4. The van der Waals surface area contributed by atoms with E-state index in [1.807, 2.05) is 5.32 Å². The fraction of sp³-hybridized carbons (Fsp3) is 0.750. The SMILES string of the molecule is CCC(=O)C[C@@H](CCC(=O)NC[C@H](O)[C@@H](O)[C@H](O)[C@H](O)CO)C(=O)N[C@@H](CCC(=O)O)C(=O)C[C@@H](CCC(=O)NC[C@H](O)[C@@H](O)[C@H](O)[C@H](O)CO)C(=O)N[C@@H](CCC(=O)O)C(=O)C[C@@H](CCC(=O)NC[C@H](O)[C@@H](O)[C@H](O)[C@H](O)CO)C(=O)NC[C@H](N)C(=O)N[C@@H](CC(=O)O)C(=O)C[C@@H](CS)C(=O)O. The van der Waals surface area contributed by atoms with Crippen LogP contribution in [0.25, 0.3) is 0 Å². The Morgan fingerprint density at radius 2 is 0.660 bits per heavy atom. The summed E-state index contributed by atoms with van der Waals surface area (Å²) in [6.45, 7) is -5.19. The van der Waals surface area contributed by atoms with Gasteiger partial charge in [-0.1, -0.05) is 6.92 Å². The first kappa shape index (κ1) is 95.6.